The molecule has 0 radical (unpaired) electrons. The zero-order valence-electron chi connectivity index (χ0n) is 15.7. The summed E-state index contributed by atoms with van der Waals surface area (Å²) >= 11 is 0. The highest BCUT2D eigenvalue weighted by Crippen LogP contribution is 2.29. The highest BCUT2D eigenvalue weighted by atomic mass is 16.5. The molecule has 0 aliphatic carbocycles. The summed E-state index contributed by atoms with van der Waals surface area (Å²) in [5, 5.41) is 2.71. The van der Waals surface area contributed by atoms with E-state index in [1.807, 2.05) is 30.3 Å². The van der Waals surface area contributed by atoms with Gasteiger partial charge in [0.2, 0.25) is 5.88 Å². The molecule has 1 aromatic heterocycles. The average Bonchev–Trinajstić information content (AvgIpc) is 2.87. The normalized spacial score (nSPS) is 15.7. The van der Waals surface area contributed by atoms with E-state index in [-0.39, 0.29) is 24.1 Å². The third-order valence-corrected chi connectivity index (χ3v) is 4.49. The van der Waals surface area contributed by atoms with Crippen molar-refractivity contribution in [2.24, 2.45) is 0 Å². The highest BCUT2D eigenvalue weighted by Gasteiger charge is 2.30. The molecule has 0 bridgehead atoms. The lowest BCUT2D eigenvalue weighted by Gasteiger charge is -2.20. The number of rotatable bonds is 4. The van der Waals surface area contributed by atoms with E-state index in [0.29, 0.717) is 17.2 Å². The van der Waals surface area contributed by atoms with Crippen LogP contribution in [0, 0.1) is 0 Å². The number of aromatic nitrogens is 1. The summed E-state index contributed by atoms with van der Waals surface area (Å²) in [5.41, 5.74) is 0.807. The molecule has 0 saturated heterocycles. The SMILES string of the molecule is CN1C(=O)[C@H](NC(=O)c2cccc(Oc3ccccc3)n2)COc2ccccc21. The largest absolute Gasteiger partial charge is 0.489 e. The zero-order chi connectivity index (χ0) is 20.2. The van der Waals surface area contributed by atoms with Crippen LogP contribution in [0.2, 0.25) is 0 Å². The fraction of sp³-hybridized carbons (Fsp3) is 0.136. The molecule has 0 spiro atoms. The Balaban J connectivity index is 1.48. The van der Waals surface area contributed by atoms with Crippen LogP contribution in [0.15, 0.2) is 72.8 Å². The van der Waals surface area contributed by atoms with Gasteiger partial charge in [0.15, 0.2) is 0 Å². The Kier molecular flexibility index (Phi) is 5.11. The van der Waals surface area contributed by atoms with Gasteiger partial charge in [-0.05, 0) is 30.3 Å². The summed E-state index contributed by atoms with van der Waals surface area (Å²) in [6.45, 7) is 0.0339. The summed E-state index contributed by atoms with van der Waals surface area (Å²) in [5.74, 6) is 0.752. The summed E-state index contributed by atoms with van der Waals surface area (Å²) in [6, 6.07) is 20.5. The van der Waals surface area contributed by atoms with Crippen molar-refractivity contribution in [3.63, 3.8) is 0 Å². The maximum Gasteiger partial charge on any atom is 0.270 e. The van der Waals surface area contributed by atoms with Gasteiger partial charge in [-0.3, -0.25) is 9.59 Å². The van der Waals surface area contributed by atoms with Crippen LogP contribution in [0.25, 0.3) is 0 Å². The van der Waals surface area contributed by atoms with Crippen LogP contribution in [0.3, 0.4) is 0 Å². The van der Waals surface area contributed by atoms with Crippen LogP contribution in [0.1, 0.15) is 10.5 Å². The Bertz CT molecular complexity index is 1040. The van der Waals surface area contributed by atoms with Gasteiger partial charge in [0, 0.05) is 13.1 Å². The minimum absolute atomic E-state index is 0.0339. The molecule has 146 valence electrons. The molecule has 0 unspecified atom stereocenters. The molecule has 1 N–H and O–H groups in total. The number of nitrogens with one attached hydrogen (secondary N) is 1. The van der Waals surface area contributed by atoms with Crippen molar-refractivity contribution in [3.8, 4) is 17.4 Å². The van der Waals surface area contributed by atoms with Gasteiger partial charge in [-0.15, -0.1) is 0 Å². The lowest BCUT2D eigenvalue weighted by Crippen LogP contribution is -2.49. The van der Waals surface area contributed by atoms with E-state index < -0.39 is 11.9 Å². The minimum Gasteiger partial charge on any atom is -0.489 e. The van der Waals surface area contributed by atoms with E-state index in [1.54, 1.807) is 49.5 Å². The predicted molar refractivity (Wildman–Crippen MR) is 107 cm³/mol. The molecule has 7 heteroatoms. The van der Waals surface area contributed by atoms with Gasteiger partial charge in [0.1, 0.15) is 29.8 Å². The van der Waals surface area contributed by atoms with Crippen LogP contribution in [0.5, 0.6) is 17.4 Å². The smallest absolute Gasteiger partial charge is 0.270 e. The third-order valence-electron chi connectivity index (χ3n) is 4.49. The number of amides is 2. The topological polar surface area (TPSA) is 80.8 Å². The van der Waals surface area contributed by atoms with E-state index in [0.717, 1.165) is 0 Å². The summed E-state index contributed by atoms with van der Waals surface area (Å²) < 4.78 is 11.4. The molecule has 2 aromatic carbocycles. The van der Waals surface area contributed by atoms with Crippen molar-refractivity contribution in [3.05, 3.63) is 78.5 Å². The number of carbonyl (C=O) groups is 2. The molecule has 7 nitrogen and oxygen atoms in total. The molecular formula is C22H19N3O4. The third kappa shape index (κ3) is 4.03. The second-order valence-electron chi connectivity index (χ2n) is 6.48. The number of anilines is 1. The fourth-order valence-electron chi connectivity index (χ4n) is 3.00. The molecule has 2 heterocycles. The van der Waals surface area contributed by atoms with E-state index in [4.69, 9.17) is 9.47 Å². The van der Waals surface area contributed by atoms with Crippen molar-refractivity contribution >= 4 is 17.5 Å². The lowest BCUT2D eigenvalue weighted by atomic mass is 10.2. The van der Waals surface area contributed by atoms with Crippen LogP contribution in [-0.4, -0.2) is 36.5 Å². The average molecular weight is 389 g/mol. The summed E-state index contributed by atoms with van der Waals surface area (Å²) in [6.07, 6.45) is 0. The quantitative estimate of drug-likeness (QED) is 0.742. The van der Waals surface area contributed by atoms with Crippen molar-refractivity contribution < 1.29 is 19.1 Å². The van der Waals surface area contributed by atoms with Crippen LogP contribution < -0.4 is 19.7 Å². The van der Waals surface area contributed by atoms with Crippen molar-refractivity contribution in [1.82, 2.24) is 10.3 Å². The lowest BCUT2D eigenvalue weighted by molar-refractivity contribution is -0.120. The van der Waals surface area contributed by atoms with Gasteiger partial charge in [-0.1, -0.05) is 36.4 Å². The maximum atomic E-state index is 12.8. The number of likely N-dealkylation sites (N-methyl/N-ethyl adjacent to an activating group) is 1. The molecule has 1 atom stereocenters. The van der Waals surface area contributed by atoms with Crippen molar-refractivity contribution in [1.29, 1.82) is 0 Å². The van der Waals surface area contributed by atoms with Crippen LogP contribution in [-0.2, 0) is 4.79 Å². The zero-order valence-corrected chi connectivity index (χ0v) is 15.7. The second kappa shape index (κ2) is 8.02. The number of para-hydroxylation sites is 3. The Morgan fingerprint density at radius 1 is 1.07 bits per heavy atom. The number of ether oxygens (including phenoxy) is 2. The molecule has 29 heavy (non-hydrogen) atoms. The minimum atomic E-state index is -0.833. The number of pyridine rings is 1. The molecule has 0 saturated carbocycles. The van der Waals surface area contributed by atoms with Crippen molar-refractivity contribution in [2.45, 2.75) is 6.04 Å². The monoisotopic (exact) mass is 389 g/mol. The second-order valence-corrected chi connectivity index (χ2v) is 6.48. The highest BCUT2D eigenvalue weighted by molar-refractivity contribution is 6.02. The van der Waals surface area contributed by atoms with Gasteiger partial charge in [0.05, 0.1) is 5.69 Å². The Morgan fingerprint density at radius 3 is 2.66 bits per heavy atom. The number of hydrogen-bond acceptors (Lipinski definition) is 5. The van der Waals surface area contributed by atoms with Gasteiger partial charge >= 0.3 is 0 Å². The number of hydrogen-bond donors (Lipinski definition) is 1. The summed E-state index contributed by atoms with van der Waals surface area (Å²) in [7, 11) is 1.65. The standard InChI is InChI=1S/C22H19N3O4/c1-25-18-11-5-6-12-19(18)28-14-17(22(25)27)24-21(26)16-10-7-13-20(23-16)29-15-8-3-2-4-9-15/h2-13,17H,14H2,1H3,(H,24,26)/t17-/m1/s1. The molecule has 2 amide bonds. The van der Waals surface area contributed by atoms with E-state index in [1.165, 1.54) is 4.90 Å². The molecule has 1 aliphatic heterocycles. The fourth-order valence-corrected chi connectivity index (χ4v) is 3.00. The first-order chi connectivity index (χ1) is 14.1. The molecular weight excluding hydrogens is 370 g/mol. The molecule has 3 aromatic rings. The Morgan fingerprint density at radius 2 is 1.83 bits per heavy atom. The number of carbonyl (C=O) groups excluding carboxylic acids is 2. The summed E-state index contributed by atoms with van der Waals surface area (Å²) in [4.78, 5) is 31.2. The first-order valence-electron chi connectivity index (χ1n) is 9.12. The van der Waals surface area contributed by atoms with E-state index in [2.05, 4.69) is 10.3 Å². The van der Waals surface area contributed by atoms with E-state index in [9.17, 15) is 9.59 Å². The predicted octanol–water partition coefficient (Wildman–Crippen LogP) is 3.03. The van der Waals surface area contributed by atoms with E-state index >= 15 is 0 Å². The molecule has 4 rings (SSSR count). The van der Waals surface area contributed by atoms with Crippen molar-refractivity contribution in [2.75, 3.05) is 18.6 Å². The van der Waals surface area contributed by atoms with Gasteiger partial charge in [-0.25, -0.2) is 4.98 Å². The Hall–Kier alpha value is -3.87. The van der Waals surface area contributed by atoms with Gasteiger partial charge in [-0.2, -0.15) is 0 Å². The molecule has 0 fully saturated rings. The number of fused-ring (bicyclic) bond motifs is 1. The number of benzene rings is 2. The van der Waals surface area contributed by atoms with Gasteiger partial charge < -0.3 is 19.7 Å². The first kappa shape index (κ1) is 18.5. The maximum absolute atomic E-state index is 12.8. The van der Waals surface area contributed by atoms with Crippen LogP contribution in [0.4, 0.5) is 5.69 Å². The Labute approximate surface area is 167 Å². The molecule has 1 aliphatic rings. The first-order valence-corrected chi connectivity index (χ1v) is 9.12. The van der Waals surface area contributed by atoms with Crippen LogP contribution >= 0.6 is 0 Å². The van der Waals surface area contributed by atoms with Gasteiger partial charge in [0.25, 0.3) is 11.8 Å². The number of nitrogens with zero attached hydrogens (tertiary/aromatic N) is 2.